The normalized spacial score (nSPS) is 15.6. The molecule has 5 N–H and O–H groups in total. The van der Waals surface area contributed by atoms with E-state index < -0.39 is 0 Å². The number of allylic oxidation sites excluding steroid dienone is 4. The molecule has 2 saturated carbocycles. The van der Waals surface area contributed by atoms with Gasteiger partial charge in [-0.25, -0.2) is 0 Å². The third-order valence-electron chi connectivity index (χ3n) is 4.23. The SMILES string of the molecule is C.C.N[C-]=C(O)C=C[CH]=[W].O=C1CCCCC1.OC(=[C-]NC1CCCCC1)C=C[CH]=[W].[CH2-]C.[I][V]([I])[I]. The van der Waals surface area contributed by atoms with Crippen molar-refractivity contribution in [1.82, 2.24) is 5.32 Å². The van der Waals surface area contributed by atoms with Gasteiger partial charge in [-0.05, 0) is 12.8 Å². The molecule has 5 nitrogen and oxygen atoms in total. The summed E-state index contributed by atoms with van der Waals surface area (Å²) < 4.78 is 3.83. The number of Topliss-reactive ketones (excluding diaryl/α,β-unsaturated/α-hetero) is 1. The van der Waals surface area contributed by atoms with E-state index in [1.165, 1.54) is 83.3 Å². The summed E-state index contributed by atoms with van der Waals surface area (Å²) >= 11 is 10.1. The van der Waals surface area contributed by atoms with Crippen LogP contribution < -0.4 is 11.1 Å². The first kappa shape index (κ1) is 48.5. The Kier molecular flexibility index (Phi) is 52.2. The molecule has 218 valence electrons. The van der Waals surface area contributed by atoms with Crippen LogP contribution in [0.15, 0.2) is 35.8 Å². The first-order chi connectivity index (χ1) is 16.8. The number of nitrogens with one attached hydrogen (secondary N) is 1. The molecule has 0 aromatic rings. The monoisotopic (exact) mass is 1230 g/mol. The van der Waals surface area contributed by atoms with E-state index in [0.29, 0.717) is 11.8 Å². The minimum atomic E-state index is -0.278. The molecule has 0 aromatic heterocycles. The van der Waals surface area contributed by atoms with Crippen LogP contribution in [0.5, 0.6) is 0 Å². The zero-order valence-corrected chi connectivity index (χ0v) is 33.8. The van der Waals surface area contributed by atoms with E-state index in [0.717, 1.165) is 25.7 Å². The van der Waals surface area contributed by atoms with Crippen molar-refractivity contribution in [1.29, 1.82) is 0 Å². The molecule has 0 unspecified atom stereocenters. The van der Waals surface area contributed by atoms with Crippen molar-refractivity contribution in [3.8, 4) is 0 Å². The Morgan fingerprint density at radius 2 is 1.35 bits per heavy atom. The average molecular weight is 1230 g/mol. The fourth-order valence-corrected chi connectivity index (χ4v) is 3.28. The van der Waals surface area contributed by atoms with Gasteiger partial charge in [0.2, 0.25) is 0 Å². The van der Waals surface area contributed by atoms with E-state index in [1.807, 2.05) is 14.9 Å². The molecule has 0 aromatic carbocycles. The van der Waals surface area contributed by atoms with Crippen LogP contribution in [0.2, 0.25) is 0 Å². The van der Waals surface area contributed by atoms with Gasteiger partial charge in [-0.1, -0.05) is 21.3 Å². The number of halogens is 3. The van der Waals surface area contributed by atoms with Gasteiger partial charge in [-0.15, -0.1) is 0 Å². The van der Waals surface area contributed by atoms with Crippen LogP contribution in [0, 0.1) is 19.3 Å². The summed E-state index contributed by atoms with van der Waals surface area (Å²) in [5.41, 5.74) is 4.82. The van der Waals surface area contributed by atoms with E-state index in [-0.39, 0.29) is 31.3 Å². The topological polar surface area (TPSA) is 95.6 Å². The predicted octanol–water partition coefficient (Wildman–Crippen LogP) is 8.36. The molecule has 0 saturated heterocycles. The number of ketones is 1. The Hall–Kier alpha value is 1.72. The van der Waals surface area contributed by atoms with Crippen molar-refractivity contribution >= 4 is 74.5 Å². The number of carbonyl (C=O) groups is 1. The third-order valence-corrected chi connectivity index (χ3v) is 5.36. The molecule has 2 rings (SSSR count). The number of aliphatic hydroxyl groups excluding tert-OH is 2. The standard InChI is InChI=1S/C11H16NO.C6H10O.C5H6NO.C2H5.2CH4.3HI.V.2W/c1-2-6-11(13)9-12-10-7-4-3-5-8-10;7-6-4-2-1-3-5-6;1-2-3-5(7)4-6;1-2;;;;;;;;/h1-2,6,10,12-13H,3-5,7-8H2;1-5H2;1-3,7H,6H2;1H2,2H3;2*1H4;3*1H;;;/q-1;;2*-1;;;;;;+3;;/p-3. The van der Waals surface area contributed by atoms with Gasteiger partial charge < -0.3 is 6.92 Å². The van der Waals surface area contributed by atoms with Gasteiger partial charge in [0.25, 0.3) is 0 Å². The second kappa shape index (κ2) is 39.9. The quantitative estimate of drug-likeness (QED) is 0.0706. The van der Waals surface area contributed by atoms with Gasteiger partial charge in [0.1, 0.15) is 5.78 Å². The van der Waals surface area contributed by atoms with Gasteiger partial charge in [0.05, 0.1) is 0 Å². The zero-order valence-electron chi connectivity index (χ0n) is 20.1. The Labute approximate surface area is 287 Å². The van der Waals surface area contributed by atoms with Crippen LogP contribution >= 0.6 is 59.9 Å². The van der Waals surface area contributed by atoms with Crippen molar-refractivity contribution in [3.05, 3.63) is 55.1 Å². The Morgan fingerprint density at radius 1 is 0.946 bits per heavy atom. The molecule has 2 fully saturated rings. The predicted molar refractivity (Wildman–Crippen MR) is 178 cm³/mol. The fraction of sp³-hybridized carbons (Fsp3) is 0.538. The van der Waals surface area contributed by atoms with E-state index >= 15 is 0 Å². The van der Waals surface area contributed by atoms with Crippen molar-refractivity contribution in [3.63, 3.8) is 0 Å². The van der Waals surface area contributed by atoms with E-state index in [1.54, 1.807) is 19.1 Å². The summed E-state index contributed by atoms with van der Waals surface area (Å²) in [4.78, 5) is 10.2. The van der Waals surface area contributed by atoms with Crippen molar-refractivity contribution < 1.29 is 58.6 Å². The van der Waals surface area contributed by atoms with Crippen LogP contribution in [-0.4, -0.2) is 30.8 Å². The number of carbonyl (C=O) groups excluding carboxylic acids is 1. The molecule has 0 spiro atoms. The van der Waals surface area contributed by atoms with E-state index in [2.05, 4.69) is 84.6 Å². The van der Waals surface area contributed by atoms with Gasteiger partial charge in [0, 0.05) is 12.8 Å². The first-order valence-corrected chi connectivity index (χ1v) is 28.0. The Morgan fingerprint density at radius 3 is 1.70 bits per heavy atom. The number of nitrogens with two attached hydrogens (primary N) is 1. The second-order valence-corrected chi connectivity index (χ2v) is 44.1. The Balaban J connectivity index is -0.000000128. The van der Waals surface area contributed by atoms with E-state index in [4.69, 9.17) is 10.8 Å². The maximum atomic E-state index is 10.5. The molecule has 0 amide bonds. The van der Waals surface area contributed by atoms with Gasteiger partial charge in [-0.2, -0.15) is 6.92 Å². The molecule has 2 aliphatic rings. The zero-order chi connectivity index (χ0) is 27.3. The third kappa shape index (κ3) is 45.0. The molecule has 37 heavy (non-hydrogen) atoms. The summed E-state index contributed by atoms with van der Waals surface area (Å²) in [6.45, 7) is 5.00. The van der Waals surface area contributed by atoms with Crippen LogP contribution in [0.3, 0.4) is 0 Å². The van der Waals surface area contributed by atoms with Gasteiger partial charge in [0.15, 0.2) is 0 Å². The van der Waals surface area contributed by atoms with Gasteiger partial charge in [-0.3, -0.25) is 4.79 Å². The average Bonchev–Trinajstić information content (AvgIpc) is 2.87. The summed E-state index contributed by atoms with van der Waals surface area (Å²) in [5, 5.41) is 21.1. The molecule has 0 radical (unpaired) electrons. The van der Waals surface area contributed by atoms with Crippen molar-refractivity contribution in [2.45, 2.75) is 92.0 Å². The number of rotatable bonds is 6. The molecule has 0 heterocycles. The molecule has 0 aliphatic heterocycles. The molecule has 0 atom stereocenters. The van der Waals surface area contributed by atoms with Crippen molar-refractivity contribution in [2.75, 3.05) is 0 Å². The summed E-state index contributed by atoms with van der Waals surface area (Å²) in [6.07, 6.45) is 23.1. The van der Waals surface area contributed by atoms with Crippen LogP contribution in [-0.2, 0) is 48.4 Å². The van der Waals surface area contributed by atoms with Gasteiger partial charge >= 0.3 is 220 Å². The summed E-state index contributed by atoms with van der Waals surface area (Å²) in [7, 11) is 0. The van der Waals surface area contributed by atoms with Crippen LogP contribution in [0.25, 0.3) is 0 Å². The molecular weight excluding hydrogens is 1190 g/mol. The number of hydrogen-bond donors (Lipinski definition) is 4. The number of hydrogen-bond acceptors (Lipinski definition) is 5. The first-order valence-electron chi connectivity index (χ1n) is 11.1. The summed E-state index contributed by atoms with van der Waals surface area (Å²) in [5.74, 6) is 0.627. The number of aliphatic hydroxyl groups is 2. The fourth-order valence-electron chi connectivity index (χ4n) is 2.72. The molecule has 0 bridgehead atoms. The molecular formula is C26H45I3N2O3VW2-3. The van der Waals surface area contributed by atoms with Crippen LogP contribution in [0.4, 0.5) is 0 Å². The van der Waals surface area contributed by atoms with Crippen LogP contribution in [0.1, 0.15) is 86.0 Å². The second-order valence-electron chi connectivity index (χ2n) is 6.80. The summed E-state index contributed by atoms with van der Waals surface area (Å²) in [6, 6.07) is 0.510. The van der Waals surface area contributed by atoms with E-state index in [9.17, 15) is 9.90 Å². The molecule has 11 heteroatoms. The Bertz CT molecular complexity index is 646. The molecule has 2 aliphatic carbocycles. The maximum absolute atomic E-state index is 10.5. The van der Waals surface area contributed by atoms with Crippen molar-refractivity contribution in [2.24, 2.45) is 5.73 Å². The minimum absolute atomic E-state index is 0.